The molecule has 1 saturated heterocycles. The maximum absolute atomic E-state index is 12.8. The van der Waals surface area contributed by atoms with Crippen LogP contribution in [0.2, 0.25) is 10.0 Å². The highest BCUT2D eigenvalue weighted by Crippen LogP contribution is 2.26. The molecule has 116 valence electrons. The molecular weight excluding hydrogens is 307 g/mol. The molecule has 0 saturated carbocycles. The molecule has 0 aromatic heterocycles. The molecule has 1 heterocycles. The standard InChI is InChI=1S/C16H22Cl2N2O/c1-2-10-20(11-12-6-8-19-9-7-12)16(21)15-13(17)4-3-5-14(15)18/h3-5,12,19H,2,6-11H2,1H3. The summed E-state index contributed by atoms with van der Waals surface area (Å²) >= 11 is 12.3. The molecule has 0 radical (unpaired) electrons. The number of nitrogens with zero attached hydrogens (tertiary/aromatic N) is 1. The first-order valence-corrected chi connectivity index (χ1v) is 8.33. The van der Waals surface area contributed by atoms with E-state index in [9.17, 15) is 4.79 Å². The summed E-state index contributed by atoms with van der Waals surface area (Å²) in [6.07, 6.45) is 3.16. The molecule has 5 heteroatoms. The lowest BCUT2D eigenvalue weighted by molar-refractivity contribution is 0.0717. The van der Waals surface area contributed by atoms with Crippen LogP contribution in [0.1, 0.15) is 36.5 Å². The van der Waals surface area contributed by atoms with Crippen LogP contribution in [-0.4, -0.2) is 37.0 Å². The van der Waals surface area contributed by atoms with Gasteiger partial charge < -0.3 is 10.2 Å². The van der Waals surface area contributed by atoms with Crippen molar-refractivity contribution in [2.45, 2.75) is 26.2 Å². The predicted octanol–water partition coefficient (Wildman–Crippen LogP) is 3.85. The van der Waals surface area contributed by atoms with Gasteiger partial charge in [-0.15, -0.1) is 0 Å². The van der Waals surface area contributed by atoms with Crippen LogP contribution in [0.5, 0.6) is 0 Å². The molecule has 2 rings (SSSR count). The van der Waals surface area contributed by atoms with Crippen molar-refractivity contribution in [2.24, 2.45) is 5.92 Å². The third-order valence-electron chi connectivity index (χ3n) is 3.89. The second-order valence-corrected chi connectivity index (χ2v) is 6.36. The molecule has 1 aliphatic rings. The zero-order valence-electron chi connectivity index (χ0n) is 12.4. The second-order valence-electron chi connectivity index (χ2n) is 5.54. The highest BCUT2D eigenvalue weighted by molar-refractivity contribution is 6.39. The Labute approximate surface area is 136 Å². The van der Waals surface area contributed by atoms with E-state index in [1.54, 1.807) is 18.2 Å². The smallest absolute Gasteiger partial charge is 0.256 e. The minimum Gasteiger partial charge on any atom is -0.338 e. The first-order valence-electron chi connectivity index (χ1n) is 7.57. The van der Waals surface area contributed by atoms with Crippen LogP contribution in [0, 0.1) is 5.92 Å². The molecule has 1 aromatic rings. The van der Waals surface area contributed by atoms with Crippen LogP contribution < -0.4 is 5.32 Å². The number of carbonyl (C=O) groups excluding carboxylic acids is 1. The van der Waals surface area contributed by atoms with Crippen molar-refractivity contribution in [3.8, 4) is 0 Å². The number of hydrogen-bond acceptors (Lipinski definition) is 2. The molecule has 0 bridgehead atoms. The van der Waals surface area contributed by atoms with Crippen molar-refractivity contribution < 1.29 is 4.79 Å². The monoisotopic (exact) mass is 328 g/mol. The zero-order valence-corrected chi connectivity index (χ0v) is 13.9. The first-order chi connectivity index (χ1) is 10.1. The number of halogens is 2. The van der Waals surface area contributed by atoms with Gasteiger partial charge in [0.2, 0.25) is 0 Å². The molecule has 0 aliphatic carbocycles. The van der Waals surface area contributed by atoms with Crippen LogP contribution in [0.15, 0.2) is 18.2 Å². The summed E-state index contributed by atoms with van der Waals surface area (Å²) in [5.74, 6) is 0.508. The van der Waals surface area contributed by atoms with E-state index in [0.717, 1.165) is 45.4 Å². The average Bonchev–Trinajstić information content (AvgIpc) is 2.47. The number of amides is 1. The van der Waals surface area contributed by atoms with Gasteiger partial charge in [0.15, 0.2) is 0 Å². The second kappa shape index (κ2) is 8.02. The molecule has 0 unspecified atom stereocenters. The summed E-state index contributed by atoms with van der Waals surface area (Å²) in [7, 11) is 0. The topological polar surface area (TPSA) is 32.3 Å². The Morgan fingerprint density at radius 3 is 2.48 bits per heavy atom. The van der Waals surface area contributed by atoms with Crippen molar-refractivity contribution in [3.63, 3.8) is 0 Å². The minimum absolute atomic E-state index is 0.0500. The highest BCUT2D eigenvalue weighted by Gasteiger charge is 2.24. The number of nitrogens with one attached hydrogen (secondary N) is 1. The Morgan fingerprint density at radius 2 is 1.90 bits per heavy atom. The molecule has 0 spiro atoms. The fourth-order valence-electron chi connectivity index (χ4n) is 2.78. The Morgan fingerprint density at radius 1 is 1.29 bits per heavy atom. The number of piperidine rings is 1. The van der Waals surface area contributed by atoms with Crippen molar-refractivity contribution in [1.82, 2.24) is 10.2 Å². The Kier molecular flexibility index (Phi) is 6.34. The highest BCUT2D eigenvalue weighted by atomic mass is 35.5. The van der Waals surface area contributed by atoms with Crippen molar-refractivity contribution in [1.29, 1.82) is 0 Å². The van der Waals surface area contributed by atoms with Gasteiger partial charge in [-0.3, -0.25) is 4.79 Å². The van der Waals surface area contributed by atoms with E-state index in [2.05, 4.69) is 12.2 Å². The third kappa shape index (κ3) is 4.35. The number of benzene rings is 1. The number of rotatable bonds is 5. The van der Waals surface area contributed by atoms with Gasteiger partial charge in [0.05, 0.1) is 15.6 Å². The first kappa shape index (κ1) is 16.6. The van der Waals surface area contributed by atoms with Crippen LogP contribution in [0.3, 0.4) is 0 Å². The Bertz CT molecular complexity index is 467. The van der Waals surface area contributed by atoms with Crippen LogP contribution >= 0.6 is 23.2 Å². The fourth-order valence-corrected chi connectivity index (χ4v) is 3.34. The fraction of sp³-hybridized carbons (Fsp3) is 0.562. The van der Waals surface area contributed by atoms with Crippen molar-refractivity contribution in [2.75, 3.05) is 26.2 Å². The van der Waals surface area contributed by atoms with Crippen LogP contribution in [0.4, 0.5) is 0 Å². The van der Waals surface area contributed by atoms with E-state index in [1.165, 1.54) is 0 Å². The Balaban J connectivity index is 2.14. The van der Waals surface area contributed by atoms with Crippen molar-refractivity contribution >= 4 is 29.1 Å². The third-order valence-corrected chi connectivity index (χ3v) is 4.52. The summed E-state index contributed by atoms with van der Waals surface area (Å²) in [6.45, 7) is 5.68. The summed E-state index contributed by atoms with van der Waals surface area (Å²) in [5.41, 5.74) is 0.434. The van der Waals surface area contributed by atoms with Gasteiger partial charge in [0, 0.05) is 13.1 Å². The zero-order chi connectivity index (χ0) is 15.2. The van der Waals surface area contributed by atoms with E-state index in [4.69, 9.17) is 23.2 Å². The summed E-state index contributed by atoms with van der Waals surface area (Å²) in [4.78, 5) is 14.7. The number of carbonyl (C=O) groups is 1. The SMILES string of the molecule is CCCN(CC1CCNCC1)C(=O)c1c(Cl)cccc1Cl. The average molecular weight is 329 g/mol. The maximum atomic E-state index is 12.8. The largest absolute Gasteiger partial charge is 0.338 e. The van der Waals surface area contributed by atoms with Crippen LogP contribution in [-0.2, 0) is 0 Å². The molecule has 1 aromatic carbocycles. The van der Waals surface area contributed by atoms with Gasteiger partial charge in [-0.05, 0) is 50.4 Å². The molecule has 0 atom stereocenters. The predicted molar refractivity (Wildman–Crippen MR) is 88.3 cm³/mol. The van der Waals surface area contributed by atoms with Gasteiger partial charge in [-0.2, -0.15) is 0 Å². The molecule has 21 heavy (non-hydrogen) atoms. The molecular formula is C16H22Cl2N2O. The summed E-state index contributed by atoms with van der Waals surface area (Å²) < 4.78 is 0. The Hall–Kier alpha value is -0.770. The van der Waals surface area contributed by atoms with Gasteiger partial charge in [0.25, 0.3) is 5.91 Å². The lowest BCUT2D eigenvalue weighted by Crippen LogP contribution is -2.40. The minimum atomic E-state index is -0.0500. The van der Waals surface area contributed by atoms with E-state index >= 15 is 0 Å². The van der Waals surface area contributed by atoms with Gasteiger partial charge in [-0.25, -0.2) is 0 Å². The van der Waals surface area contributed by atoms with Crippen LogP contribution in [0.25, 0.3) is 0 Å². The van der Waals surface area contributed by atoms with Gasteiger partial charge in [-0.1, -0.05) is 36.2 Å². The van der Waals surface area contributed by atoms with E-state index in [-0.39, 0.29) is 5.91 Å². The summed E-state index contributed by atoms with van der Waals surface area (Å²) in [5, 5.41) is 4.21. The lowest BCUT2D eigenvalue weighted by atomic mass is 9.97. The quantitative estimate of drug-likeness (QED) is 0.890. The molecule has 1 amide bonds. The number of hydrogen-bond donors (Lipinski definition) is 1. The molecule has 1 fully saturated rings. The van der Waals surface area contributed by atoms with Gasteiger partial charge in [0.1, 0.15) is 0 Å². The van der Waals surface area contributed by atoms with E-state index in [0.29, 0.717) is 21.5 Å². The van der Waals surface area contributed by atoms with Crippen molar-refractivity contribution in [3.05, 3.63) is 33.8 Å². The molecule has 1 aliphatic heterocycles. The van der Waals surface area contributed by atoms with Gasteiger partial charge >= 0.3 is 0 Å². The molecule has 3 nitrogen and oxygen atoms in total. The normalized spacial score (nSPS) is 16.0. The molecule has 1 N–H and O–H groups in total. The summed E-state index contributed by atoms with van der Waals surface area (Å²) in [6, 6.07) is 5.20. The van der Waals surface area contributed by atoms with E-state index in [1.807, 2.05) is 4.90 Å². The maximum Gasteiger partial charge on any atom is 0.256 e. The van der Waals surface area contributed by atoms with E-state index < -0.39 is 0 Å². The lowest BCUT2D eigenvalue weighted by Gasteiger charge is -2.30.